The Morgan fingerprint density at radius 2 is 1.81 bits per heavy atom. The van der Waals surface area contributed by atoms with Crippen LogP contribution in [0.5, 0.6) is 0 Å². The fourth-order valence-corrected chi connectivity index (χ4v) is 3.86. The van der Waals surface area contributed by atoms with Gasteiger partial charge in [0.25, 0.3) is 0 Å². The van der Waals surface area contributed by atoms with Gasteiger partial charge in [-0.15, -0.1) is 16.8 Å². The molecule has 1 aromatic heterocycles. The van der Waals surface area contributed by atoms with Crippen molar-refractivity contribution in [1.29, 1.82) is 0 Å². The van der Waals surface area contributed by atoms with Gasteiger partial charge in [0.1, 0.15) is 0 Å². The normalized spacial score (nSPS) is 11.6. The zero-order valence-electron chi connectivity index (χ0n) is 16.6. The maximum Gasteiger partial charge on any atom is 0.192 e. The summed E-state index contributed by atoms with van der Waals surface area (Å²) in [5.41, 5.74) is 5.11. The maximum atomic E-state index is 4.47. The molecule has 0 fully saturated rings. The number of rotatable bonds is 6. The van der Waals surface area contributed by atoms with Crippen LogP contribution in [0.3, 0.4) is 0 Å². The van der Waals surface area contributed by atoms with Crippen LogP contribution in [0.15, 0.2) is 66.3 Å². The molecule has 3 aromatic rings. The van der Waals surface area contributed by atoms with Crippen molar-refractivity contribution in [3.8, 4) is 11.4 Å². The van der Waals surface area contributed by atoms with Gasteiger partial charge in [-0.05, 0) is 23.5 Å². The monoisotopic (exact) mass is 377 g/mol. The molecule has 3 nitrogen and oxygen atoms in total. The molecular weight excluding hydrogens is 350 g/mol. The minimum atomic E-state index is 0.141. The Kier molecular flexibility index (Phi) is 5.85. The molecule has 0 bridgehead atoms. The third-order valence-corrected chi connectivity index (χ3v) is 5.53. The molecule has 0 saturated carbocycles. The number of nitrogens with zero attached hydrogens (tertiary/aromatic N) is 3. The van der Waals surface area contributed by atoms with Gasteiger partial charge in [-0.25, -0.2) is 0 Å². The Morgan fingerprint density at radius 1 is 1.07 bits per heavy atom. The second kappa shape index (κ2) is 8.13. The molecule has 4 heteroatoms. The van der Waals surface area contributed by atoms with E-state index < -0.39 is 0 Å². The maximum absolute atomic E-state index is 4.47. The summed E-state index contributed by atoms with van der Waals surface area (Å²) in [6, 6.07) is 17.2. The number of aromatic nitrogens is 3. The minimum Gasteiger partial charge on any atom is -0.298 e. The van der Waals surface area contributed by atoms with Gasteiger partial charge in [0, 0.05) is 17.9 Å². The molecule has 1 heterocycles. The van der Waals surface area contributed by atoms with E-state index in [1.54, 1.807) is 11.8 Å². The predicted octanol–water partition coefficient (Wildman–Crippen LogP) is 6.03. The molecule has 0 saturated heterocycles. The molecule has 0 aliphatic heterocycles. The lowest BCUT2D eigenvalue weighted by molar-refractivity contribution is 0.590. The molecule has 140 valence electrons. The van der Waals surface area contributed by atoms with Gasteiger partial charge in [0.15, 0.2) is 11.0 Å². The molecule has 0 amide bonds. The highest BCUT2D eigenvalue weighted by Crippen LogP contribution is 2.29. The first kappa shape index (κ1) is 19.4. The lowest BCUT2D eigenvalue weighted by Crippen LogP contribution is -2.10. The SMILES string of the molecule is C=CCn1c(SCc2cccc(C)c2)nnc1-c1ccc(C(C)(C)C)cc1. The van der Waals surface area contributed by atoms with Crippen molar-refractivity contribution in [3.05, 3.63) is 77.9 Å². The van der Waals surface area contributed by atoms with Crippen molar-refractivity contribution in [2.45, 2.75) is 50.6 Å². The summed E-state index contributed by atoms with van der Waals surface area (Å²) < 4.78 is 2.14. The van der Waals surface area contributed by atoms with Crippen LogP contribution in [0.25, 0.3) is 11.4 Å². The Morgan fingerprint density at radius 3 is 2.44 bits per heavy atom. The van der Waals surface area contributed by atoms with Crippen LogP contribution in [0, 0.1) is 6.92 Å². The van der Waals surface area contributed by atoms with Crippen LogP contribution in [0.1, 0.15) is 37.5 Å². The molecule has 0 aliphatic carbocycles. The van der Waals surface area contributed by atoms with E-state index in [2.05, 4.69) is 97.6 Å². The highest BCUT2D eigenvalue weighted by molar-refractivity contribution is 7.98. The lowest BCUT2D eigenvalue weighted by Gasteiger charge is -2.19. The van der Waals surface area contributed by atoms with Gasteiger partial charge in [-0.1, -0.05) is 92.7 Å². The number of thioether (sulfide) groups is 1. The summed E-state index contributed by atoms with van der Waals surface area (Å²) in [6.07, 6.45) is 1.90. The average Bonchev–Trinajstić information content (AvgIpc) is 3.02. The van der Waals surface area contributed by atoms with E-state index in [1.165, 1.54) is 16.7 Å². The largest absolute Gasteiger partial charge is 0.298 e. The molecule has 0 radical (unpaired) electrons. The van der Waals surface area contributed by atoms with Crippen molar-refractivity contribution in [2.75, 3.05) is 0 Å². The summed E-state index contributed by atoms with van der Waals surface area (Å²) in [4.78, 5) is 0. The standard InChI is InChI=1S/C23H27N3S/c1-6-14-26-21(19-10-12-20(13-11-19)23(3,4)5)24-25-22(26)27-16-18-9-7-8-17(2)15-18/h6-13,15H,1,14,16H2,2-5H3. The molecule has 27 heavy (non-hydrogen) atoms. The zero-order valence-corrected chi connectivity index (χ0v) is 17.4. The lowest BCUT2D eigenvalue weighted by atomic mass is 9.87. The Bertz CT molecular complexity index is 918. The first-order chi connectivity index (χ1) is 12.9. The molecule has 0 aliphatic rings. The highest BCUT2D eigenvalue weighted by Gasteiger charge is 2.16. The summed E-state index contributed by atoms with van der Waals surface area (Å²) in [6.45, 7) is 13.4. The highest BCUT2D eigenvalue weighted by atomic mass is 32.2. The zero-order chi connectivity index (χ0) is 19.4. The molecule has 2 aromatic carbocycles. The number of aryl methyl sites for hydroxylation is 1. The average molecular weight is 378 g/mol. The van der Waals surface area contributed by atoms with Gasteiger partial charge in [-0.3, -0.25) is 4.57 Å². The van der Waals surface area contributed by atoms with Crippen molar-refractivity contribution < 1.29 is 0 Å². The Balaban J connectivity index is 1.85. The predicted molar refractivity (Wildman–Crippen MR) is 115 cm³/mol. The van der Waals surface area contributed by atoms with Gasteiger partial charge < -0.3 is 0 Å². The second-order valence-corrected chi connectivity index (χ2v) is 8.75. The molecule has 0 atom stereocenters. The quantitative estimate of drug-likeness (QED) is 0.388. The van der Waals surface area contributed by atoms with Gasteiger partial charge >= 0.3 is 0 Å². The molecular formula is C23H27N3S. The number of benzene rings is 2. The van der Waals surface area contributed by atoms with E-state index in [9.17, 15) is 0 Å². The minimum absolute atomic E-state index is 0.141. The van der Waals surface area contributed by atoms with E-state index >= 15 is 0 Å². The number of hydrogen-bond donors (Lipinski definition) is 0. The summed E-state index contributed by atoms with van der Waals surface area (Å²) in [5.74, 6) is 1.77. The summed E-state index contributed by atoms with van der Waals surface area (Å²) >= 11 is 1.71. The van der Waals surface area contributed by atoms with Crippen LogP contribution >= 0.6 is 11.8 Å². The van der Waals surface area contributed by atoms with E-state index in [4.69, 9.17) is 0 Å². The van der Waals surface area contributed by atoms with Crippen molar-refractivity contribution >= 4 is 11.8 Å². The molecule has 0 N–H and O–H groups in total. The number of allylic oxidation sites excluding steroid dienone is 1. The smallest absolute Gasteiger partial charge is 0.192 e. The van der Waals surface area contributed by atoms with Gasteiger partial charge in [0.2, 0.25) is 0 Å². The van der Waals surface area contributed by atoms with Crippen molar-refractivity contribution in [2.24, 2.45) is 0 Å². The van der Waals surface area contributed by atoms with Crippen LogP contribution in [0.2, 0.25) is 0 Å². The van der Waals surface area contributed by atoms with E-state index in [1.807, 2.05) is 6.08 Å². The first-order valence-electron chi connectivity index (χ1n) is 9.22. The van der Waals surface area contributed by atoms with E-state index in [0.717, 1.165) is 22.3 Å². The Labute approximate surface area is 166 Å². The third kappa shape index (κ3) is 4.69. The Hall–Kier alpha value is -2.33. The fraction of sp³-hybridized carbons (Fsp3) is 0.304. The van der Waals surface area contributed by atoms with Crippen LogP contribution in [0.4, 0.5) is 0 Å². The van der Waals surface area contributed by atoms with Gasteiger partial charge in [-0.2, -0.15) is 0 Å². The topological polar surface area (TPSA) is 30.7 Å². The van der Waals surface area contributed by atoms with Crippen molar-refractivity contribution in [3.63, 3.8) is 0 Å². The van der Waals surface area contributed by atoms with Crippen molar-refractivity contribution in [1.82, 2.24) is 14.8 Å². The third-order valence-electron chi connectivity index (χ3n) is 4.49. The van der Waals surface area contributed by atoms with Crippen LogP contribution in [-0.2, 0) is 17.7 Å². The molecule has 0 unspecified atom stereocenters. The van der Waals surface area contributed by atoms with Gasteiger partial charge in [0.05, 0.1) is 0 Å². The first-order valence-corrected chi connectivity index (χ1v) is 10.2. The summed E-state index contributed by atoms with van der Waals surface area (Å²) in [7, 11) is 0. The molecule has 0 spiro atoms. The van der Waals surface area contributed by atoms with E-state index in [0.29, 0.717) is 6.54 Å². The second-order valence-electron chi connectivity index (χ2n) is 7.81. The molecule has 3 rings (SSSR count). The van der Waals surface area contributed by atoms with Crippen LogP contribution < -0.4 is 0 Å². The number of hydrogen-bond acceptors (Lipinski definition) is 3. The fourth-order valence-electron chi connectivity index (χ4n) is 2.97. The summed E-state index contributed by atoms with van der Waals surface area (Å²) in [5, 5.41) is 9.84. The van der Waals surface area contributed by atoms with E-state index in [-0.39, 0.29) is 5.41 Å². The van der Waals surface area contributed by atoms with Crippen LogP contribution in [-0.4, -0.2) is 14.8 Å².